The number of carbonyl (C=O) groups excluding carboxylic acids is 1. The van der Waals surface area contributed by atoms with Crippen molar-refractivity contribution in [1.82, 2.24) is 9.97 Å². The van der Waals surface area contributed by atoms with Gasteiger partial charge in [-0.2, -0.15) is 23.4 Å². The zero-order valence-electron chi connectivity index (χ0n) is 15.1. The first kappa shape index (κ1) is 20.5. The summed E-state index contributed by atoms with van der Waals surface area (Å²) in [4.78, 5) is 24.8. The van der Waals surface area contributed by atoms with Gasteiger partial charge in [-0.3, -0.25) is 4.79 Å². The minimum atomic E-state index is -5.14. The van der Waals surface area contributed by atoms with Gasteiger partial charge < -0.3 is 21.5 Å². The van der Waals surface area contributed by atoms with Gasteiger partial charge in [-0.05, 0) is 12.8 Å². The third-order valence-electron chi connectivity index (χ3n) is 5.09. The van der Waals surface area contributed by atoms with Crippen molar-refractivity contribution < 1.29 is 23.1 Å². The number of piperidine rings is 1. The van der Waals surface area contributed by atoms with Gasteiger partial charge in [0.2, 0.25) is 0 Å². The van der Waals surface area contributed by atoms with E-state index in [0.717, 1.165) is 0 Å². The molecule has 1 fully saturated rings. The Morgan fingerprint density at radius 3 is 2.48 bits per heavy atom. The van der Waals surface area contributed by atoms with Crippen LogP contribution in [0.5, 0.6) is 0 Å². The van der Waals surface area contributed by atoms with E-state index in [-0.39, 0.29) is 11.4 Å². The molecule has 3 rings (SSSR count). The Hall–Kier alpha value is -3.20. The number of amides is 1. The second kappa shape index (κ2) is 7.32. The Balaban J connectivity index is 1.84. The van der Waals surface area contributed by atoms with Crippen LogP contribution in [0.3, 0.4) is 0 Å². The number of nitrogens with zero attached hydrogens (tertiary/aromatic N) is 5. The quantitative estimate of drug-likeness (QED) is 0.632. The number of nitriles is 1. The maximum absolute atomic E-state index is 13.5. The van der Waals surface area contributed by atoms with Crippen molar-refractivity contribution in [2.24, 2.45) is 22.4 Å². The monoisotopic (exact) mass is 409 g/mol. The summed E-state index contributed by atoms with van der Waals surface area (Å²) < 4.78 is 40.6. The number of aliphatic hydroxyl groups is 1. The first-order chi connectivity index (χ1) is 13.6. The summed E-state index contributed by atoms with van der Waals surface area (Å²) in [7, 11) is 0. The number of alkyl halides is 3. The Bertz CT molecular complexity index is 912. The van der Waals surface area contributed by atoms with Crippen molar-refractivity contribution >= 4 is 17.6 Å². The average molecular weight is 409 g/mol. The van der Waals surface area contributed by atoms with E-state index < -0.39 is 41.4 Å². The van der Waals surface area contributed by atoms with Crippen LogP contribution >= 0.6 is 0 Å². The number of nitrogens with two attached hydrogens (primary N) is 2. The molecule has 2 aliphatic rings. The largest absolute Gasteiger partial charge is 0.422 e. The fourth-order valence-electron chi connectivity index (χ4n) is 3.54. The molecule has 3 heterocycles. The summed E-state index contributed by atoms with van der Waals surface area (Å²) >= 11 is 0. The number of hydrogen-bond acceptors (Lipinski definition) is 8. The van der Waals surface area contributed by atoms with E-state index in [1.54, 1.807) is 0 Å². The second-order valence-corrected chi connectivity index (χ2v) is 6.89. The van der Waals surface area contributed by atoms with Crippen LogP contribution in [0.15, 0.2) is 28.7 Å². The number of halogens is 3. The van der Waals surface area contributed by atoms with Gasteiger partial charge in [-0.1, -0.05) is 0 Å². The minimum Gasteiger partial charge on any atom is -0.401 e. The Morgan fingerprint density at radius 1 is 1.31 bits per heavy atom. The van der Waals surface area contributed by atoms with Gasteiger partial charge in [0.25, 0.3) is 5.91 Å². The van der Waals surface area contributed by atoms with Crippen LogP contribution in [0.25, 0.3) is 0 Å². The van der Waals surface area contributed by atoms with Crippen molar-refractivity contribution in [2.75, 3.05) is 18.0 Å². The summed E-state index contributed by atoms with van der Waals surface area (Å²) in [5.41, 5.74) is 7.35. The summed E-state index contributed by atoms with van der Waals surface area (Å²) in [6.45, 7) is 0.833. The molecule has 0 aromatic carbocycles. The minimum absolute atomic E-state index is 0.172. The van der Waals surface area contributed by atoms with E-state index in [2.05, 4.69) is 15.0 Å². The van der Waals surface area contributed by atoms with Crippen LogP contribution in [-0.2, 0) is 4.79 Å². The summed E-state index contributed by atoms with van der Waals surface area (Å²) in [5.74, 6) is -1.83. The van der Waals surface area contributed by atoms with Crippen LogP contribution in [-0.4, -0.2) is 51.7 Å². The lowest BCUT2D eigenvalue weighted by molar-refractivity contribution is -0.244. The predicted molar refractivity (Wildman–Crippen MR) is 95.1 cm³/mol. The molecule has 5 N–H and O–H groups in total. The highest BCUT2D eigenvalue weighted by Gasteiger charge is 2.60. The first-order valence-corrected chi connectivity index (χ1v) is 8.70. The summed E-state index contributed by atoms with van der Waals surface area (Å²) in [5, 5.41) is 19.1. The number of aromatic nitrogens is 2. The molecule has 12 heteroatoms. The standard InChI is InChI=1S/C17H18F3N7O2/c18-17(19,20)16(29)5-12(28)26-15(23)13(16)14(22)9-1-3-27(4-2-9)11-8-24-10(6-21)7-25-11/h7-9,29H,1-5,22H2,(H2,23,26,28). The van der Waals surface area contributed by atoms with Crippen LogP contribution in [0, 0.1) is 17.2 Å². The highest BCUT2D eigenvalue weighted by molar-refractivity contribution is 6.09. The first-order valence-electron chi connectivity index (χ1n) is 8.70. The topological polar surface area (TPSA) is 155 Å². The number of rotatable bonds is 2. The predicted octanol–water partition coefficient (Wildman–Crippen LogP) is 0.358. The van der Waals surface area contributed by atoms with Gasteiger partial charge in [0, 0.05) is 24.7 Å². The molecule has 1 unspecified atom stereocenters. The number of amidine groups is 1. The SMILES string of the molecule is N#Cc1cnc(N2CCC(C(N)=C3C(N)=NC(=O)CC3(O)C(F)(F)F)CC2)cn1. The molecule has 29 heavy (non-hydrogen) atoms. The number of anilines is 1. The number of aliphatic imine (C=N–C) groups is 1. The van der Waals surface area contributed by atoms with Gasteiger partial charge in [0.15, 0.2) is 11.3 Å². The normalized spacial score (nSPS) is 25.4. The Kier molecular flexibility index (Phi) is 5.18. The molecule has 2 aliphatic heterocycles. The fourth-order valence-corrected chi connectivity index (χ4v) is 3.54. The molecular formula is C17H18F3N7O2. The smallest absolute Gasteiger partial charge is 0.401 e. The van der Waals surface area contributed by atoms with Crippen molar-refractivity contribution in [2.45, 2.75) is 31.0 Å². The van der Waals surface area contributed by atoms with Crippen LogP contribution in [0.4, 0.5) is 19.0 Å². The van der Waals surface area contributed by atoms with Crippen molar-refractivity contribution in [3.05, 3.63) is 29.4 Å². The molecule has 9 nitrogen and oxygen atoms in total. The maximum atomic E-state index is 13.5. The summed E-state index contributed by atoms with van der Waals surface area (Å²) in [6.07, 6.45) is -2.88. The van der Waals surface area contributed by atoms with E-state index in [1.165, 1.54) is 12.4 Å². The molecule has 0 radical (unpaired) electrons. The molecule has 0 aliphatic carbocycles. The molecule has 0 bridgehead atoms. The van der Waals surface area contributed by atoms with Gasteiger partial charge in [-0.15, -0.1) is 0 Å². The second-order valence-electron chi connectivity index (χ2n) is 6.89. The van der Waals surface area contributed by atoms with Gasteiger partial charge in [0.1, 0.15) is 17.7 Å². The van der Waals surface area contributed by atoms with Crippen molar-refractivity contribution in [3.63, 3.8) is 0 Å². The molecule has 154 valence electrons. The van der Waals surface area contributed by atoms with Crippen molar-refractivity contribution in [3.8, 4) is 6.07 Å². The van der Waals surface area contributed by atoms with Crippen LogP contribution in [0.2, 0.25) is 0 Å². The highest BCUT2D eigenvalue weighted by atomic mass is 19.4. The van der Waals surface area contributed by atoms with Gasteiger partial charge in [-0.25, -0.2) is 9.97 Å². The maximum Gasteiger partial charge on any atom is 0.422 e. The van der Waals surface area contributed by atoms with Gasteiger partial charge >= 0.3 is 6.18 Å². The van der Waals surface area contributed by atoms with E-state index in [9.17, 15) is 23.1 Å². The zero-order chi connectivity index (χ0) is 21.4. The molecule has 1 aromatic heterocycles. The van der Waals surface area contributed by atoms with E-state index in [4.69, 9.17) is 16.7 Å². The fraction of sp³-hybridized carbons (Fsp3) is 0.471. The molecule has 0 spiro atoms. The van der Waals surface area contributed by atoms with Gasteiger partial charge in [0.05, 0.1) is 24.4 Å². The zero-order valence-corrected chi connectivity index (χ0v) is 15.1. The lowest BCUT2D eigenvalue weighted by Gasteiger charge is -2.38. The summed E-state index contributed by atoms with van der Waals surface area (Å²) in [6, 6.07) is 1.87. The van der Waals surface area contributed by atoms with Crippen molar-refractivity contribution in [1.29, 1.82) is 5.26 Å². The molecule has 0 saturated carbocycles. The van der Waals surface area contributed by atoms with E-state index in [0.29, 0.717) is 31.7 Å². The van der Waals surface area contributed by atoms with Crippen LogP contribution in [0.1, 0.15) is 25.0 Å². The molecular weight excluding hydrogens is 391 g/mol. The van der Waals surface area contributed by atoms with E-state index in [1.807, 2.05) is 11.0 Å². The Morgan fingerprint density at radius 2 is 1.97 bits per heavy atom. The number of allylic oxidation sites excluding steroid dienone is 1. The average Bonchev–Trinajstić information content (AvgIpc) is 2.66. The molecule has 1 atom stereocenters. The third kappa shape index (κ3) is 3.73. The van der Waals surface area contributed by atoms with E-state index >= 15 is 0 Å². The number of hydrogen-bond donors (Lipinski definition) is 3. The lowest BCUT2D eigenvalue weighted by Crippen LogP contribution is -2.55. The molecule has 1 aromatic rings. The number of carbonyl (C=O) groups is 1. The highest BCUT2D eigenvalue weighted by Crippen LogP contribution is 2.43. The molecule has 1 amide bonds. The van der Waals surface area contributed by atoms with Crippen LogP contribution < -0.4 is 16.4 Å². The Labute approximate surface area is 163 Å². The molecule has 1 saturated heterocycles. The lowest BCUT2D eigenvalue weighted by atomic mass is 9.80. The third-order valence-corrected chi connectivity index (χ3v) is 5.09.